The molecular formula is C21H23Cl4N5O5S2. The summed E-state index contributed by atoms with van der Waals surface area (Å²) < 4.78 is 26.2. The summed E-state index contributed by atoms with van der Waals surface area (Å²) in [6.07, 6.45) is 1.31. The Kier molecular flexibility index (Phi) is 11.6. The number of amides is 1. The zero-order valence-corrected chi connectivity index (χ0v) is 23.7. The van der Waals surface area contributed by atoms with Gasteiger partial charge in [-0.05, 0) is 42.7 Å². The van der Waals surface area contributed by atoms with E-state index in [1.807, 2.05) is 0 Å². The fourth-order valence-electron chi connectivity index (χ4n) is 3.30. The largest absolute Gasteiger partial charge is 0.480 e. The summed E-state index contributed by atoms with van der Waals surface area (Å²) in [4.78, 5) is 25.1. The first-order valence-corrected chi connectivity index (χ1v) is 14.1. The number of nitrogens with two attached hydrogens (primary N) is 1. The number of sulfone groups is 1. The van der Waals surface area contributed by atoms with Crippen LogP contribution in [-0.2, 0) is 26.0 Å². The van der Waals surface area contributed by atoms with Gasteiger partial charge in [-0.1, -0.05) is 58.6 Å². The van der Waals surface area contributed by atoms with Gasteiger partial charge in [-0.25, -0.2) is 18.6 Å². The van der Waals surface area contributed by atoms with E-state index < -0.39 is 38.4 Å². The molecule has 0 aliphatic heterocycles. The molecule has 6 N–H and O–H groups in total. The average molecular weight is 631 g/mol. The summed E-state index contributed by atoms with van der Waals surface area (Å²) in [5.74, 6) is -3.85. The van der Waals surface area contributed by atoms with Crippen molar-refractivity contribution in [2.45, 2.75) is 31.8 Å². The van der Waals surface area contributed by atoms with Crippen LogP contribution in [0.5, 0.6) is 0 Å². The lowest BCUT2D eigenvalue weighted by Crippen LogP contribution is -2.54. The minimum atomic E-state index is -4.36. The molecule has 0 bridgehead atoms. The molecule has 0 radical (unpaired) electrons. The number of guanidine groups is 1. The first-order chi connectivity index (χ1) is 17.2. The van der Waals surface area contributed by atoms with E-state index in [0.29, 0.717) is 15.6 Å². The van der Waals surface area contributed by atoms with Crippen molar-refractivity contribution in [3.05, 3.63) is 54.9 Å². The van der Waals surface area contributed by atoms with Gasteiger partial charge in [0.2, 0.25) is 0 Å². The summed E-state index contributed by atoms with van der Waals surface area (Å²) in [6, 6.07) is 3.12. The van der Waals surface area contributed by atoms with Gasteiger partial charge in [0.25, 0.3) is 5.91 Å². The highest BCUT2D eigenvalue weighted by atomic mass is 35.5. The maximum atomic E-state index is 13.3. The Morgan fingerprint density at radius 3 is 2.38 bits per heavy atom. The normalized spacial score (nSPS) is 14.7. The molecule has 0 unspecified atom stereocenters. The molecule has 0 fully saturated rings. The molecule has 1 amide bonds. The van der Waals surface area contributed by atoms with Gasteiger partial charge in [0.05, 0.1) is 9.94 Å². The fourth-order valence-corrected chi connectivity index (χ4v) is 6.40. The quantitative estimate of drug-likeness (QED) is 0.0765. The molecule has 0 saturated carbocycles. The highest BCUT2D eigenvalue weighted by Crippen LogP contribution is 2.31. The molecule has 2 rings (SSSR count). The highest BCUT2D eigenvalue weighted by molar-refractivity contribution is 7.96. The number of benzene rings is 1. The van der Waals surface area contributed by atoms with Crippen LogP contribution in [0.4, 0.5) is 0 Å². The molecule has 16 heteroatoms. The molecule has 0 heterocycles. The summed E-state index contributed by atoms with van der Waals surface area (Å²) in [5.41, 5.74) is 8.44. The van der Waals surface area contributed by atoms with Crippen LogP contribution in [0.25, 0.3) is 0 Å². The predicted molar refractivity (Wildman–Crippen MR) is 149 cm³/mol. The Morgan fingerprint density at radius 1 is 1.19 bits per heavy atom. The lowest BCUT2D eigenvalue weighted by atomic mass is 10.1. The molecule has 10 nitrogen and oxygen atoms in total. The van der Waals surface area contributed by atoms with Crippen molar-refractivity contribution in [2.75, 3.05) is 12.3 Å². The molecule has 1 aromatic rings. The molecule has 1 aliphatic rings. The smallest absolute Gasteiger partial charge is 0.328 e. The standard InChI is InChI=1S/C21H23Cl4N5O5S2/c22-12-4-11(5-13(23)6-12)9-29-30(15(20(32)33)2-1-3-28-21(26)27)18(31)10-37(34,35)17-8-14(24)7-16(36)19(17)25/h4-6,8,15,29H,1-3,7,9-10H2,(H,32,33)(H4,26,27,28)/t15-/m0/s1. The van der Waals surface area contributed by atoms with Crippen LogP contribution in [0, 0.1) is 5.41 Å². The van der Waals surface area contributed by atoms with Gasteiger partial charge < -0.3 is 16.2 Å². The van der Waals surface area contributed by atoms with Crippen LogP contribution >= 0.6 is 58.6 Å². The minimum Gasteiger partial charge on any atom is -0.480 e. The van der Waals surface area contributed by atoms with Gasteiger partial charge in [0.15, 0.2) is 15.8 Å². The van der Waals surface area contributed by atoms with Crippen molar-refractivity contribution in [2.24, 2.45) is 5.73 Å². The third kappa shape index (κ3) is 9.40. The van der Waals surface area contributed by atoms with Crippen molar-refractivity contribution in [3.63, 3.8) is 0 Å². The summed E-state index contributed by atoms with van der Waals surface area (Å²) in [7, 11) is -4.36. The first-order valence-electron chi connectivity index (χ1n) is 10.5. The first kappa shape index (κ1) is 31.3. The zero-order valence-electron chi connectivity index (χ0n) is 19.1. The molecule has 0 spiro atoms. The lowest BCUT2D eigenvalue weighted by molar-refractivity contribution is -0.152. The van der Waals surface area contributed by atoms with E-state index >= 15 is 0 Å². The number of halogens is 4. The second-order valence-electron chi connectivity index (χ2n) is 7.84. The highest BCUT2D eigenvalue weighted by Gasteiger charge is 2.35. The third-order valence-electron chi connectivity index (χ3n) is 4.94. The molecule has 1 aromatic carbocycles. The van der Waals surface area contributed by atoms with Gasteiger partial charge in [0.1, 0.15) is 11.8 Å². The van der Waals surface area contributed by atoms with E-state index in [0.717, 1.165) is 11.1 Å². The van der Waals surface area contributed by atoms with Gasteiger partial charge in [-0.3, -0.25) is 15.2 Å². The Morgan fingerprint density at radius 2 is 1.81 bits per heavy atom. The number of hydrogen-bond acceptors (Lipinski definition) is 7. The molecule has 0 saturated heterocycles. The number of nitrogens with zero attached hydrogens (tertiary/aromatic N) is 1. The number of rotatable bonds is 12. The number of allylic oxidation sites excluding steroid dienone is 3. The number of aliphatic carboxylic acids is 1. The number of hydrogen-bond donors (Lipinski definition) is 5. The summed E-state index contributed by atoms with van der Waals surface area (Å²) in [6.45, 7) is 0.0629. The van der Waals surface area contributed by atoms with Gasteiger partial charge in [-0.15, -0.1) is 0 Å². The SMILES string of the molecule is N=C(N)NCCC[C@@H](C(=O)O)N(NCc1cc(Cl)cc(Cl)c1)C(=O)CS(=O)(=O)C1=C(Cl)C(=S)CC(Cl)=C1. The molecule has 1 atom stereocenters. The topological polar surface area (TPSA) is 166 Å². The Labute approximate surface area is 239 Å². The minimum absolute atomic E-state index is 0.0912. The number of carboxylic acid groups (broad SMARTS) is 1. The second kappa shape index (κ2) is 13.7. The van der Waals surface area contributed by atoms with E-state index in [1.54, 1.807) is 12.1 Å². The molecule has 37 heavy (non-hydrogen) atoms. The van der Waals surface area contributed by atoms with Crippen LogP contribution < -0.4 is 16.5 Å². The lowest BCUT2D eigenvalue weighted by Gasteiger charge is -2.30. The van der Waals surface area contributed by atoms with Crippen molar-refractivity contribution in [3.8, 4) is 0 Å². The Hall–Kier alpha value is -1.93. The number of nitrogens with one attached hydrogen (secondary N) is 3. The van der Waals surface area contributed by atoms with Crippen LogP contribution in [0.2, 0.25) is 10.0 Å². The molecule has 202 valence electrons. The van der Waals surface area contributed by atoms with Crippen LogP contribution in [0.3, 0.4) is 0 Å². The van der Waals surface area contributed by atoms with E-state index in [2.05, 4.69) is 10.7 Å². The van der Waals surface area contributed by atoms with E-state index in [4.69, 9.17) is 69.8 Å². The van der Waals surface area contributed by atoms with Gasteiger partial charge in [0, 0.05) is 39.5 Å². The summed E-state index contributed by atoms with van der Waals surface area (Å²) in [5, 5.41) is 20.9. The third-order valence-corrected chi connectivity index (χ3v) is 8.24. The van der Waals surface area contributed by atoms with Crippen LogP contribution in [-0.4, -0.2) is 59.6 Å². The maximum Gasteiger partial charge on any atom is 0.328 e. The van der Waals surface area contributed by atoms with E-state index in [1.165, 1.54) is 6.07 Å². The zero-order chi connectivity index (χ0) is 27.9. The monoisotopic (exact) mass is 629 g/mol. The van der Waals surface area contributed by atoms with Crippen LogP contribution in [0.1, 0.15) is 24.8 Å². The van der Waals surface area contributed by atoms with Gasteiger partial charge in [-0.2, -0.15) is 0 Å². The number of hydrazine groups is 1. The van der Waals surface area contributed by atoms with E-state index in [-0.39, 0.29) is 53.2 Å². The molecular weight excluding hydrogens is 608 g/mol. The molecule has 1 aliphatic carbocycles. The number of carbonyl (C=O) groups excluding carboxylic acids is 1. The van der Waals surface area contributed by atoms with Crippen LogP contribution in [0.15, 0.2) is 39.2 Å². The van der Waals surface area contributed by atoms with Gasteiger partial charge >= 0.3 is 5.97 Å². The number of carboxylic acids is 1. The van der Waals surface area contributed by atoms with Crippen molar-refractivity contribution in [1.82, 2.24) is 15.8 Å². The predicted octanol–water partition coefficient (Wildman–Crippen LogP) is 3.30. The van der Waals surface area contributed by atoms with Crippen molar-refractivity contribution < 1.29 is 23.1 Å². The Bertz CT molecular complexity index is 1250. The number of carbonyl (C=O) groups is 2. The average Bonchev–Trinajstić information content (AvgIpc) is 2.76. The maximum absolute atomic E-state index is 13.3. The van der Waals surface area contributed by atoms with Crippen molar-refractivity contribution >= 4 is 91.2 Å². The fraction of sp³-hybridized carbons (Fsp3) is 0.333. The van der Waals surface area contributed by atoms with Crippen molar-refractivity contribution in [1.29, 1.82) is 5.41 Å². The van der Waals surface area contributed by atoms with E-state index in [9.17, 15) is 23.1 Å². The summed E-state index contributed by atoms with van der Waals surface area (Å²) >= 11 is 29.2. The second-order valence-corrected chi connectivity index (χ2v) is 12.0. The Balaban J connectivity index is 2.35. The molecule has 0 aromatic heterocycles. The number of thiocarbonyl (C=S) groups is 1.